The first-order valence-corrected chi connectivity index (χ1v) is 6.28. The van der Waals surface area contributed by atoms with Gasteiger partial charge < -0.3 is 5.32 Å². The van der Waals surface area contributed by atoms with E-state index in [4.69, 9.17) is 5.84 Å². The molecule has 0 aliphatic heterocycles. The highest BCUT2D eigenvalue weighted by atomic mass is 15.3. The predicted octanol–water partition coefficient (Wildman–Crippen LogP) is 1.57. The summed E-state index contributed by atoms with van der Waals surface area (Å²) in [7, 11) is 0. The van der Waals surface area contributed by atoms with Gasteiger partial charge in [0.2, 0.25) is 5.96 Å². The molecule has 2 aliphatic rings. The second-order valence-electron chi connectivity index (χ2n) is 4.82. The Kier molecular flexibility index (Phi) is 2.73. The highest BCUT2D eigenvalue weighted by molar-refractivity contribution is 5.93. The van der Waals surface area contributed by atoms with Gasteiger partial charge in [-0.1, -0.05) is 6.07 Å². The van der Waals surface area contributed by atoms with E-state index in [1.165, 1.54) is 43.2 Å². The first-order chi connectivity index (χ1) is 8.35. The molecule has 4 nitrogen and oxygen atoms in total. The molecule has 0 amide bonds. The number of nitrogens with two attached hydrogens (primary N) is 1. The molecule has 0 heterocycles. The molecule has 0 bridgehead atoms. The monoisotopic (exact) mass is 230 g/mol. The second kappa shape index (κ2) is 4.37. The van der Waals surface area contributed by atoms with E-state index in [2.05, 4.69) is 33.9 Å². The molecule has 0 aromatic heterocycles. The van der Waals surface area contributed by atoms with Crippen LogP contribution >= 0.6 is 0 Å². The van der Waals surface area contributed by atoms with Gasteiger partial charge in [-0.2, -0.15) is 0 Å². The van der Waals surface area contributed by atoms with Gasteiger partial charge in [0.25, 0.3) is 0 Å². The van der Waals surface area contributed by atoms with E-state index in [-0.39, 0.29) is 0 Å². The van der Waals surface area contributed by atoms with Gasteiger partial charge in [-0.25, -0.2) is 10.8 Å². The molecule has 1 fully saturated rings. The summed E-state index contributed by atoms with van der Waals surface area (Å²) < 4.78 is 0. The number of rotatable bonds is 2. The molecule has 1 saturated carbocycles. The van der Waals surface area contributed by atoms with E-state index >= 15 is 0 Å². The summed E-state index contributed by atoms with van der Waals surface area (Å²) in [6.45, 7) is 0. The average Bonchev–Trinajstić information content (AvgIpc) is 3.04. The van der Waals surface area contributed by atoms with Gasteiger partial charge in [-0.15, -0.1) is 0 Å². The van der Waals surface area contributed by atoms with Crippen LogP contribution in [-0.4, -0.2) is 12.0 Å². The summed E-state index contributed by atoms with van der Waals surface area (Å²) in [6.07, 6.45) is 6.04. The van der Waals surface area contributed by atoms with E-state index in [9.17, 15) is 0 Å². The SMILES string of the molecule is NNC(=NC1CC1)Nc1ccc2c(c1)CCC2. The Balaban J connectivity index is 1.75. The van der Waals surface area contributed by atoms with Crippen LogP contribution in [0, 0.1) is 0 Å². The maximum absolute atomic E-state index is 5.47. The van der Waals surface area contributed by atoms with E-state index in [1.54, 1.807) is 0 Å². The minimum absolute atomic E-state index is 0.461. The first kappa shape index (κ1) is 10.6. The molecule has 2 aliphatic carbocycles. The number of aryl methyl sites for hydroxylation is 2. The van der Waals surface area contributed by atoms with Crippen LogP contribution in [0.4, 0.5) is 5.69 Å². The molecule has 90 valence electrons. The topological polar surface area (TPSA) is 62.4 Å². The number of hydrogen-bond acceptors (Lipinski definition) is 2. The van der Waals surface area contributed by atoms with E-state index < -0.39 is 0 Å². The van der Waals surface area contributed by atoms with Crippen LogP contribution in [0.2, 0.25) is 0 Å². The normalized spacial score (nSPS) is 19.0. The minimum atomic E-state index is 0.461. The van der Waals surface area contributed by atoms with Gasteiger partial charge in [0, 0.05) is 5.69 Å². The number of benzene rings is 1. The van der Waals surface area contributed by atoms with Crippen LogP contribution in [0.5, 0.6) is 0 Å². The van der Waals surface area contributed by atoms with Crippen LogP contribution < -0.4 is 16.6 Å². The van der Waals surface area contributed by atoms with Crippen LogP contribution in [0.1, 0.15) is 30.4 Å². The molecule has 1 aromatic carbocycles. The molecule has 4 heteroatoms. The summed E-state index contributed by atoms with van der Waals surface area (Å²) in [5.41, 5.74) is 6.64. The van der Waals surface area contributed by atoms with Gasteiger partial charge in [0.05, 0.1) is 6.04 Å². The van der Waals surface area contributed by atoms with Crippen molar-refractivity contribution < 1.29 is 0 Å². The maximum atomic E-state index is 5.47. The van der Waals surface area contributed by atoms with Crippen LogP contribution in [0.25, 0.3) is 0 Å². The first-order valence-electron chi connectivity index (χ1n) is 6.28. The summed E-state index contributed by atoms with van der Waals surface area (Å²) in [4.78, 5) is 4.46. The molecular formula is C13H18N4. The molecular weight excluding hydrogens is 212 g/mol. The van der Waals surface area contributed by atoms with Crippen molar-refractivity contribution in [2.24, 2.45) is 10.8 Å². The molecule has 0 spiro atoms. The zero-order valence-corrected chi connectivity index (χ0v) is 9.87. The molecule has 1 aromatic rings. The van der Waals surface area contributed by atoms with Gasteiger partial charge in [0.1, 0.15) is 0 Å². The third kappa shape index (κ3) is 2.42. The summed E-state index contributed by atoms with van der Waals surface area (Å²) in [5.74, 6) is 6.14. The fourth-order valence-corrected chi connectivity index (χ4v) is 2.28. The second-order valence-corrected chi connectivity index (χ2v) is 4.82. The quantitative estimate of drug-likeness (QED) is 0.313. The number of hydrogen-bond donors (Lipinski definition) is 3. The van der Waals surface area contributed by atoms with Crippen LogP contribution in [0.15, 0.2) is 23.2 Å². The predicted molar refractivity (Wildman–Crippen MR) is 69.9 cm³/mol. The minimum Gasteiger partial charge on any atom is -0.325 e. The highest BCUT2D eigenvalue weighted by Gasteiger charge is 2.21. The number of nitrogens with zero attached hydrogens (tertiary/aromatic N) is 1. The lowest BCUT2D eigenvalue weighted by atomic mass is 10.1. The van der Waals surface area contributed by atoms with Gasteiger partial charge in [-0.3, -0.25) is 5.43 Å². The Morgan fingerprint density at radius 1 is 1.24 bits per heavy atom. The molecule has 0 radical (unpaired) electrons. The Bertz CT molecular complexity index is 449. The summed E-state index contributed by atoms with van der Waals surface area (Å²) in [6, 6.07) is 6.98. The van der Waals surface area contributed by atoms with Crippen molar-refractivity contribution in [3.63, 3.8) is 0 Å². The molecule has 0 atom stereocenters. The number of aliphatic imine (C=N–C) groups is 1. The van der Waals surface area contributed by atoms with Crippen molar-refractivity contribution in [2.75, 3.05) is 5.32 Å². The average molecular weight is 230 g/mol. The third-order valence-corrected chi connectivity index (χ3v) is 3.36. The molecule has 4 N–H and O–H groups in total. The standard InChI is InChI=1S/C13H18N4/c14-17-13(15-11-6-7-11)16-12-5-4-9-2-1-3-10(9)8-12/h4-5,8,11H,1-3,6-7,14H2,(H2,15,16,17). The molecule has 0 saturated heterocycles. The molecule has 3 rings (SSSR count). The lowest BCUT2D eigenvalue weighted by Gasteiger charge is -2.10. The number of nitrogens with one attached hydrogen (secondary N) is 2. The van der Waals surface area contributed by atoms with Crippen LogP contribution in [-0.2, 0) is 12.8 Å². The van der Waals surface area contributed by atoms with Crippen molar-refractivity contribution in [3.8, 4) is 0 Å². The maximum Gasteiger partial charge on any atom is 0.210 e. The largest absolute Gasteiger partial charge is 0.325 e. The summed E-state index contributed by atoms with van der Waals surface area (Å²) >= 11 is 0. The zero-order chi connectivity index (χ0) is 11.7. The van der Waals surface area contributed by atoms with E-state index in [0.717, 1.165) is 5.69 Å². The Morgan fingerprint density at radius 2 is 2.06 bits per heavy atom. The van der Waals surface area contributed by atoms with E-state index in [0.29, 0.717) is 12.0 Å². The zero-order valence-electron chi connectivity index (χ0n) is 9.87. The number of guanidine groups is 1. The Labute approximate surface area is 101 Å². The summed E-state index contributed by atoms with van der Waals surface area (Å²) in [5, 5.41) is 3.24. The Morgan fingerprint density at radius 3 is 2.82 bits per heavy atom. The fourth-order valence-electron chi connectivity index (χ4n) is 2.28. The number of fused-ring (bicyclic) bond motifs is 1. The number of hydrazine groups is 1. The van der Waals surface area contributed by atoms with Gasteiger partial charge >= 0.3 is 0 Å². The van der Waals surface area contributed by atoms with Gasteiger partial charge in [-0.05, 0) is 55.4 Å². The van der Waals surface area contributed by atoms with Crippen molar-refractivity contribution in [2.45, 2.75) is 38.1 Å². The van der Waals surface area contributed by atoms with Crippen molar-refractivity contribution >= 4 is 11.6 Å². The smallest absolute Gasteiger partial charge is 0.210 e. The van der Waals surface area contributed by atoms with Gasteiger partial charge in [0.15, 0.2) is 0 Å². The van der Waals surface area contributed by atoms with Crippen molar-refractivity contribution in [3.05, 3.63) is 29.3 Å². The Hall–Kier alpha value is -1.55. The van der Waals surface area contributed by atoms with Crippen molar-refractivity contribution in [1.29, 1.82) is 0 Å². The van der Waals surface area contributed by atoms with Crippen molar-refractivity contribution in [1.82, 2.24) is 5.43 Å². The van der Waals surface area contributed by atoms with E-state index in [1.807, 2.05) is 0 Å². The molecule has 0 unspecified atom stereocenters. The third-order valence-electron chi connectivity index (χ3n) is 3.36. The number of anilines is 1. The fraction of sp³-hybridized carbons (Fsp3) is 0.462. The van der Waals surface area contributed by atoms with Crippen LogP contribution in [0.3, 0.4) is 0 Å². The molecule has 17 heavy (non-hydrogen) atoms. The lowest BCUT2D eigenvalue weighted by molar-refractivity contribution is 0.912. The lowest BCUT2D eigenvalue weighted by Crippen LogP contribution is -2.36. The highest BCUT2D eigenvalue weighted by Crippen LogP contribution is 2.26.